The van der Waals surface area contributed by atoms with Gasteiger partial charge < -0.3 is 10.4 Å². The molecule has 2 heteroatoms. The van der Waals surface area contributed by atoms with Gasteiger partial charge in [0.15, 0.2) is 0 Å². The quantitative estimate of drug-likeness (QED) is 0.767. The largest absolute Gasteiger partial charge is 0.387 e. The average molecular weight is 193 g/mol. The van der Waals surface area contributed by atoms with Gasteiger partial charge in [0, 0.05) is 6.04 Å². The summed E-state index contributed by atoms with van der Waals surface area (Å²) in [6.07, 6.45) is 0.511. The lowest BCUT2D eigenvalue weighted by Crippen LogP contribution is -2.31. The predicted molar refractivity (Wildman–Crippen MR) is 59.3 cm³/mol. The second-order valence-electron chi connectivity index (χ2n) is 3.66. The van der Waals surface area contributed by atoms with Crippen LogP contribution in [0.1, 0.15) is 30.6 Å². The van der Waals surface area contributed by atoms with Crippen molar-refractivity contribution < 1.29 is 5.11 Å². The normalized spacial score (nSPS) is 15.1. The Hall–Kier alpha value is -0.860. The molecule has 0 saturated carbocycles. The fraction of sp³-hybridized carbons (Fsp3) is 0.500. The van der Waals surface area contributed by atoms with Crippen molar-refractivity contribution >= 4 is 0 Å². The van der Waals surface area contributed by atoms with Crippen LogP contribution >= 0.6 is 0 Å². The first kappa shape index (κ1) is 11.2. The van der Waals surface area contributed by atoms with Crippen molar-refractivity contribution in [3.8, 4) is 0 Å². The van der Waals surface area contributed by atoms with Crippen LogP contribution < -0.4 is 5.32 Å². The Balaban J connectivity index is 2.77. The number of aliphatic hydroxyl groups excluding tert-OH is 1. The van der Waals surface area contributed by atoms with Crippen LogP contribution in [0.5, 0.6) is 0 Å². The maximum absolute atomic E-state index is 10.0. The van der Waals surface area contributed by atoms with Gasteiger partial charge in [-0.3, -0.25) is 0 Å². The maximum atomic E-state index is 10.0. The molecule has 14 heavy (non-hydrogen) atoms. The standard InChI is InChI=1S/C12H19NO/c1-4-11(13-3)12(14)10-7-5-9(2)6-8-10/h5-8,11-14H,4H2,1-3H3. The molecule has 0 aliphatic heterocycles. The molecule has 2 N–H and O–H groups in total. The van der Waals surface area contributed by atoms with Crippen molar-refractivity contribution in [3.05, 3.63) is 35.4 Å². The van der Waals surface area contributed by atoms with Gasteiger partial charge in [-0.25, -0.2) is 0 Å². The molecule has 0 heterocycles. The van der Waals surface area contributed by atoms with Gasteiger partial charge in [-0.05, 0) is 26.0 Å². The fourth-order valence-corrected chi connectivity index (χ4v) is 1.58. The Bertz CT molecular complexity index is 264. The molecule has 0 radical (unpaired) electrons. The Labute approximate surface area is 86.0 Å². The zero-order chi connectivity index (χ0) is 10.6. The van der Waals surface area contributed by atoms with Gasteiger partial charge in [-0.1, -0.05) is 36.8 Å². The van der Waals surface area contributed by atoms with Gasteiger partial charge in [-0.2, -0.15) is 0 Å². The second-order valence-corrected chi connectivity index (χ2v) is 3.66. The van der Waals surface area contributed by atoms with E-state index in [1.807, 2.05) is 38.2 Å². The van der Waals surface area contributed by atoms with Crippen LogP contribution in [0.4, 0.5) is 0 Å². The minimum atomic E-state index is -0.411. The molecule has 0 amide bonds. The Morgan fingerprint density at radius 2 is 1.86 bits per heavy atom. The van der Waals surface area contributed by atoms with Crippen LogP contribution in [-0.2, 0) is 0 Å². The summed E-state index contributed by atoms with van der Waals surface area (Å²) in [4.78, 5) is 0. The lowest BCUT2D eigenvalue weighted by atomic mass is 10.00. The summed E-state index contributed by atoms with van der Waals surface area (Å²) in [5.41, 5.74) is 2.20. The van der Waals surface area contributed by atoms with Crippen molar-refractivity contribution in [1.29, 1.82) is 0 Å². The third-order valence-electron chi connectivity index (χ3n) is 2.61. The molecule has 0 aliphatic rings. The van der Waals surface area contributed by atoms with E-state index in [9.17, 15) is 5.11 Å². The van der Waals surface area contributed by atoms with E-state index in [0.29, 0.717) is 0 Å². The molecule has 2 atom stereocenters. The highest BCUT2D eigenvalue weighted by Gasteiger charge is 2.16. The molecule has 0 fully saturated rings. The number of aliphatic hydroxyl groups is 1. The van der Waals surface area contributed by atoms with E-state index < -0.39 is 6.10 Å². The SMILES string of the molecule is CCC(NC)C(O)c1ccc(C)cc1. The summed E-state index contributed by atoms with van der Waals surface area (Å²) >= 11 is 0. The van der Waals surface area contributed by atoms with Gasteiger partial charge in [0.25, 0.3) is 0 Å². The van der Waals surface area contributed by atoms with Crippen LogP contribution in [-0.4, -0.2) is 18.2 Å². The first-order valence-electron chi connectivity index (χ1n) is 5.11. The average Bonchev–Trinajstić information content (AvgIpc) is 2.20. The first-order chi connectivity index (χ1) is 6.69. The van der Waals surface area contributed by atoms with E-state index in [1.54, 1.807) is 0 Å². The van der Waals surface area contributed by atoms with Gasteiger partial charge in [0.2, 0.25) is 0 Å². The predicted octanol–water partition coefficient (Wildman–Crippen LogP) is 2.03. The summed E-state index contributed by atoms with van der Waals surface area (Å²) in [6.45, 7) is 4.12. The highest BCUT2D eigenvalue weighted by atomic mass is 16.3. The molecule has 78 valence electrons. The molecule has 0 saturated heterocycles. The summed E-state index contributed by atoms with van der Waals surface area (Å²) in [5.74, 6) is 0. The smallest absolute Gasteiger partial charge is 0.0942 e. The van der Waals surface area contributed by atoms with Gasteiger partial charge in [0.05, 0.1) is 6.10 Å². The summed E-state index contributed by atoms with van der Waals surface area (Å²) in [5, 5.41) is 13.1. The maximum Gasteiger partial charge on any atom is 0.0942 e. The van der Waals surface area contributed by atoms with Gasteiger partial charge in [0.1, 0.15) is 0 Å². The number of hydrogen-bond acceptors (Lipinski definition) is 2. The lowest BCUT2D eigenvalue weighted by molar-refractivity contribution is 0.130. The van der Waals surface area contributed by atoms with Crippen LogP contribution in [0, 0.1) is 6.92 Å². The highest BCUT2D eigenvalue weighted by molar-refractivity contribution is 5.24. The van der Waals surface area contributed by atoms with Crippen LogP contribution in [0.25, 0.3) is 0 Å². The summed E-state index contributed by atoms with van der Waals surface area (Å²) < 4.78 is 0. The number of aryl methyl sites for hydroxylation is 1. The third-order valence-corrected chi connectivity index (χ3v) is 2.61. The lowest BCUT2D eigenvalue weighted by Gasteiger charge is -2.21. The molecule has 1 aromatic carbocycles. The summed E-state index contributed by atoms with van der Waals surface area (Å²) in [6, 6.07) is 8.17. The van der Waals surface area contributed by atoms with Crippen molar-refractivity contribution in [2.45, 2.75) is 32.4 Å². The van der Waals surface area contributed by atoms with Gasteiger partial charge >= 0.3 is 0 Å². The van der Waals surface area contributed by atoms with E-state index >= 15 is 0 Å². The third kappa shape index (κ3) is 2.56. The van der Waals surface area contributed by atoms with Crippen molar-refractivity contribution in [2.24, 2.45) is 0 Å². The molecular weight excluding hydrogens is 174 g/mol. The van der Waals surface area contributed by atoms with E-state index in [2.05, 4.69) is 12.2 Å². The molecule has 0 aromatic heterocycles. The number of nitrogens with one attached hydrogen (secondary N) is 1. The topological polar surface area (TPSA) is 32.3 Å². The number of likely N-dealkylation sites (N-methyl/N-ethyl adjacent to an activating group) is 1. The number of rotatable bonds is 4. The Morgan fingerprint density at radius 1 is 1.29 bits per heavy atom. The minimum absolute atomic E-state index is 0.137. The fourth-order valence-electron chi connectivity index (χ4n) is 1.58. The van der Waals surface area contributed by atoms with Crippen LogP contribution in [0.3, 0.4) is 0 Å². The number of hydrogen-bond donors (Lipinski definition) is 2. The minimum Gasteiger partial charge on any atom is -0.387 e. The van der Waals surface area contributed by atoms with Crippen molar-refractivity contribution in [3.63, 3.8) is 0 Å². The van der Waals surface area contributed by atoms with Gasteiger partial charge in [-0.15, -0.1) is 0 Å². The summed E-state index contributed by atoms with van der Waals surface area (Å²) in [7, 11) is 1.88. The molecular formula is C12H19NO. The van der Waals surface area contributed by atoms with Crippen molar-refractivity contribution in [1.82, 2.24) is 5.32 Å². The molecule has 1 aromatic rings. The van der Waals surface area contributed by atoms with Crippen LogP contribution in [0.15, 0.2) is 24.3 Å². The molecule has 0 spiro atoms. The molecule has 0 aliphatic carbocycles. The highest BCUT2D eigenvalue weighted by Crippen LogP contribution is 2.18. The molecule has 1 rings (SSSR count). The molecule has 0 bridgehead atoms. The number of benzene rings is 1. The van der Waals surface area contributed by atoms with Crippen molar-refractivity contribution in [2.75, 3.05) is 7.05 Å². The van der Waals surface area contributed by atoms with Crippen LogP contribution in [0.2, 0.25) is 0 Å². The van der Waals surface area contributed by atoms with E-state index in [-0.39, 0.29) is 6.04 Å². The first-order valence-corrected chi connectivity index (χ1v) is 5.11. The zero-order valence-corrected chi connectivity index (χ0v) is 9.12. The zero-order valence-electron chi connectivity index (χ0n) is 9.12. The molecule has 2 nitrogen and oxygen atoms in total. The van der Waals surface area contributed by atoms with E-state index in [4.69, 9.17) is 0 Å². The van der Waals surface area contributed by atoms with E-state index in [0.717, 1.165) is 12.0 Å². The molecule has 2 unspecified atom stereocenters. The monoisotopic (exact) mass is 193 g/mol. The van der Waals surface area contributed by atoms with E-state index in [1.165, 1.54) is 5.56 Å². The second kappa shape index (κ2) is 5.13. The Kier molecular flexibility index (Phi) is 4.11. The Morgan fingerprint density at radius 3 is 2.29 bits per heavy atom.